The summed E-state index contributed by atoms with van der Waals surface area (Å²) in [6.07, 6.45) is -3.29. The van der Waals surface area contributed by atoms with Gasteiger partial charge in [-0.25, -0.2) is 0 Å². The second kappa shape index (κ2) is 5.97. The zero-order chi connectivity index (χ0) is 12.9. The van der Waals surface area contributed by atoms with Crippen molar-refractivity contribution in [2.75, 3.05) is 13.6 Å². The van der Waals surface area contributed by atoms with Crippen LogP contribution in [0.4, 0.5) is 13.2 Å². The van der Waals surface area contributed by atoms with Gasteiger partial charge < -0.3 is 10.6 Å². The monoisotopic (exact) mass is 247 g/mol. The third-order valence-electron chi connectivity index (χ3n) is 2.40. The number of nitrogens with zero attached hydrogens (tertiary/aromatic N) is 2. The number of nitrogens with two attached hydrogens (primary N) is 1. The van der Waals surface area contributed by atoms with Crippen LogP contribution in [0.25, 0.3) is 0 Å². The highest BCUT2D eigenvalue weighted by atomic mass is 19.4. The van der Waals surface area contributed by atoms with Gasteiger partial charge in [0, 0.05) is 25.8 Å². The SMILES string of the molecule is CN(CCC(F)(F)F)Cc1cccnc1CN. The van der Waals surface area contributed by atoms with E-state index in [4.69, 9.17) is 5.73 Å². The lowest BCUT2D eigenvalue weighted by Gasteiger charge is -2.18. The fourth-order valence-corrected chi connectivity index (χ4v) is 1.49. The molecule has 0 aliphatic heterocycles. The molecule has 0 aliphatic rings. The van der Waals surface area contributed by atoms with E-state index in [9.17, 15) is 13.2 Å². The van der Waals surface area contributed by atoms with Crippen molar-refractivity contribution in [1.29, 1.82) is 0 Å². The van der Waals surface area contributed by atoms with E-state index in [1.54, 1.807) is 24.2 Å². The molecule has 0 aliphatic carbocycles. The van der Waals surface area contributed by atoms with Gasteiger partial charge in [0.25, 0.3) is 0 Å². The van der Waals surface area contributed by atoms with Gasteiger partial charge in [-0.3, -0.25) is 4.98 Å². The Morgan fingerprint density at radius 2 is 2.12 bits per heavy atom. The molecule has 0 atom stereocenters. The lowest BCUT2D eigenvalue weighted by atomic mass is 10.2. The zero-order valence-corrected chi connectivity index (χ0v) is 9.67. The highest BCUT2D eigenvalue weighted by molar-refractivity contribution is 5.19. The van der Waals surface area contributed by atoms with Crippen LogP contribution >= 0.6 is 0 Å². The van der Waals surface area contributed by atoms with E-state index >= 15 is 0 Å². The summed E-state index contributed by atoms with van der Waals surface area (Å²) < 4.78 is 36.1. The van der Waals surface area contributed by atoms with Crippen molar-refractivity contribution in [3.8, 4) is 0 Å². The van der Waals surface area contributed by atoms with Gasteiger partial charge in [-0.05, 0) is 18.7 Å². The van der Waals surface area contributed by atoms with Crippen molar-refractivity contribution >= 4 is 0 Å². The smallest absolute Gasteiger partial charge is 0.325 e. The van der Waals surface area contributed by atoms with E-state index in [0.717, 1.165) is 11.3 Å². The van der Waals surface area contributed by atoms with Crippen LogP contribution in [0.15, 0.2) is 18.3 Å². The Labute approximate surface area is 98.4 Å². The molecule has 96 valence electrons. The molecule has 17 heavy (non-hydrogen) atoms. The van der Waals surface area contributed by atoms with E-state index in [1.165, 1.54) is 0 Å². The van der Waals surface area contributed by atoms with E-state index < -0.39 is 12.6 Å². The summed E-state index contributed by atoms with van der Waals surface area (Å²) in [5, 5.41) is 0. The Kier molecular flexibility index (Phi) is 4.89. The summed E-state index contributed by atoms with van der Waals surface area (Å²) in [5.41, 5.74) is 7.11. The molecule has 1 heterocycles. The molecule has 1 aromatic heterocycles. The lowest BCUT2D eigenvalue weighted by Crippen LogP contribution is -2.25. The van der Waals surface area contributed by atoms with Gasteiger partial charge in [0.2, 0.25) is 0 Å². The maximum atomic E-state index is 12.0. The minimum Gasteiger partial charge on any atom is -0.325 e. The Bertz CT molecular complexity index is 352. The van der Waals surface area contributed by atoms with E-state index in [2.05, 4.69) is 4.98 Å². The molecule has 0 unspecified atom stereocenters. The van der Waals surface area contributed by atoms with Crippen molar-refractivity contribution in [3.05, 3.63) is 29.6 Å². The average molecular weight is 247 g/mol. The van der Waals surface area contributed by atoms with Crippen LogP contribution in [0, 0.1) is 0 Å². The number of halogens is 3. The highest BCUT2D eigenvalue weighted by Gasteiger charge is 2.27. The molecule has 0 bridgehead atoms. The van der Waals surface area contributed by atoms with Gasteiger partial charge in [-0.1, -0.05) is 6.07 Å². The Balaban J connectivity index is 2.53. The number of rotatable bonds is 5. The van der Waals surface area contributed by atoms with Crippen molar-refractivity contribution in [2.45, 2.75) is 25.7 Å². The van der Waals surface area contributed by atoms with Crippen LogP contribution in [0.5, 0.6) is 0 Å². The molecular formula is C11H16F3N3. The molecule has 0 radical (unpaired) electrons. The van der Waals surface area contributed by atoms with Gasteiger partial charge in [0.1, 0.15) is 0 Å². The van der Waals surface area contributed by atoms with Crippen molar-refractivity contribution < 1.29 is 13.2 Å². The first-order valence-electron chi connectivity index (χ1n) is 5.30. The fraction of sp³-hybridized carbons (Fsp3) is 0.545. The van der Waals surface area contributed by atoms with Crippen LogP contribution in [0.2, 0.25) is 0 Å². The maximum absolute atomic E-state index is 12.0. The molecule has 2 N–H and O–H groups in total. The topological polar surface area (TPSA) is 42.2 Å². The van der Waals surface area contributed by atoms with Crippen LogP contribution in [0.3, 0.4) is 0 Å². The van der Waals surface area contributed by atoms with Crippen LogP contribution in [-0.2, 0) is 13.1 Å². The zero-order valence-electron chi connectivity index (χ0n) is 9.67. The number of aromatic nitrogens is 1. The first kappa shape index (κ1) is 13.9. The largest absolute Gasteiger partial charge is 0.390 e. The molecule has 0 saturated carbocycles. The molecule has 0 amide bonds. The molecule has 0 aromatic carbocycles. The molecule has 6 heteroatoms. The van der Waals surface area contributed by atoms with Crippen molar-refractivity contribution in [2.24, 2.45) is 5.73 Å². The summed E-state index contributed by atoms with van der Waals surface area (Å²) in [6.45, 7) is 0.697. The molecular weight excluding hydrogens is 231 g/mol. The maximum Gasteiger partial charge on any atom is 0.390 e. The second-order valence-corrected chi connectivity index (χ2v) is 3.92. The highest BCUT2D eigenvalue weighted by Crippen LogP contribution is 2.20. The number of pyridine rings is 1. The van der Waals surface area contributed by atoms with E-state index in [0.29, 0.717) is 13.1 Å². The fourth-order valence-electron chi connectivity index (χ4n) is 1.49. The van der Waals surface area contributed by atoms with Gasteiger partial charge in [-0.2, -0.15) is 13.2 Å². The summed E-state index contributed by atoms with van der Waals surface area (Å²) in [7, 11) is 1.65. The Morgan fingerprint density at radius 1 is 1.41 bits per heavy atom. The Hall–Kier alpha value is -1.14. The number of hydrogen-bond acceptors (Lipinski definition) is 3. The first-order valence-corrected chi connectivity index (χ1v) is 5.30. The summed E-state index contributed by atoms with van der Waals surface area (Å²) in [5.74, 6) is 0. The number of alkyl halides is 3. The predicted molar refractivity (Wildman–Crippen MR) is 59.1 cm³/mol. The van der Waals surface area contributed by atoms with Crippen LogP contribution < -0.4 is 5.73 Å². The number of hydrogen-bond donors (Lipinski definition) is 1. The quantitative estimate of drug-likeness (QED) is 0.864. The third-order valence-corrected chi connectivity index (χ3v) is 2.40. The first-order chi connectivity index (χ1) is 7.92. The van der Waals surface area contributed by atoms with Crippen LogP contribution in [-0.4, -0.2) is 29.7 Å². The van der Waals surface area contributed by atoms with Gasteiger partial charge >= 0.3 is 6.18 Å². The van der Waals surface area contributed by atoms with E-state index in [-0.39, 0.29) is 6.54 Å². The molecule has 1 rings (SSSR count). The van der Waals surface area contributed by atoms with E-state index in [1.807, 2.05) is 6.07 Å². The summed E-state index contributed by atoms with van der Waals surface area (Å²) in [4.78, 5) is 5.70. The second-order valence-electron chi connectivity index (χ2n) is 3.92. The van der Waals surface area contributed by atoms with Gasteiger partial charge in [0.05, 0.1) is 12.1 Å². The van der Waals surface area contributed by atoms with Crippen molar-refractivity contribution in [3.63, 3.8) is 0 Å². The standard InChI is InChI=1S/C11H16F3N3/c1-17(6-4-11(12,13)14)8-9-3-2-5-16-10(9)7-15/h2-3,5H,4,6-8,15H2,1H3. The van der Waals surface area contributed by atoms with Gasteiger partial charge in [-0.15, -0.1) is 0 Å². The molecule has 0 fully saturated rings. The summed E-state index contributed by atoms with van der Waals surface area (Å²) in [6, 6.07) is 3.59. The minimum atomic E-state index is -4.11. The lowest BCUT2D eigenvalue weighted by molar-refractivity contribution is -0.137. The minimum absolute atomic E-state index is 0.0254. The summed E-state index contributed by atoms with van der Waals surface area (Å²) >= 11 is 0. The predicted octanol–water partition coefficient (Wildman–Crippen LogP) is 1.92. The molecule has 0 saturated heterocycles. The normalized spacial score (nSPS) is 12.1. The Morgan fingerprint density at radius 3 is 2.71 bits per heavy atom. The van der Waals surface area contributed by atoms with Crippen molar-refractivity contribution in [1.82, 2.24) is 9.88 Å². The third kappa shape index (κ3) is 5.14. The molecule has 1 aromatic rings. The average Bonchev–Trinajstić information content (AvgIpc) is 2.26. The van der Waals surface area contributed by atoms with Gasteiger partial charge in [0.15, 0.2) is 0 Å². The van der Waals surface area contributed by atoms with Crippen LogP contribution in [0.1, 0.15) is 17.7 Å². The molecule has 3 nitrogen and oxygen atoms in total. The molecule has 0 spiro atoms.